The summed E-state index contributed by atoms with van der Waals surface area (Å²) in [5.74, 6) is 0.691. The van der Waals surface area contributed by atoms with Gasteiger partial charge < -0.3 is 4.57 Å². The van der Waals surface area contributed by atoms with Crippen molar-refractivity contribution in [2.24, 2.45) is 23.0 Å². The fraction of sp³-hybridized carbons (Fsp3) is 0.231. The van der Waals surface area contributed by atoms with Gasteiger partial charge in [0.05, 0.1) is 18.3 Å². The Morgan fingerprint density at radius 2 is 2.21 bits per heavy atom. The lowest BCUT2D eigenvalue weighted by Crippen LogP contribution is -2.28. The predicted molar refractivity (Wildman–Crippen MR) is 73.6 cm³/mol. The molecule has 0 spiro atoms. The average Bonchev–Trinajstić information content (AvgIpc) is 2.71. The molecule has 1 aliphatic heterocycles. The summed E-state index contributed by atoms with van der Waals surface area (Å²) >= 11 is 5.92. The highest BCUT2D eigenvalue weighted by Gasteiger charge is 2.26. The van der Waals surface area contributed by atoms with Crippen molar-refractivity contribution in [3.05, 3.63) is 41.5 Å². The molecule has 0 bridgehead atoms. The summed E-state index contributed by atoms with van der Waals surface area (Å²) in [7, 11) is 1.81. The van der Waals surface area contributed by atoms with Crippen LogP contribution in [0.4, 0.5) is 0 Å². The van der Waals surface area contributed by atoms with E-state index in [9.17, 15) is 4.79 Å². The van der Waals surface area contributed by atoms with Crippen molar-refractivity contribution in [1.82, 2.24) is 9.55 Å². The number of hydrogen-bond acceptors (Lipinski definition) is 3. The van der Waals surface area contributed by atoms with Gasteiger partial charge in [-0.15, -0.1) is 0 Å². The Kier molecular flexibility index (Phi) is 2.91. The van der Waals surface area contributed by atoms with Gasteiger partial charge in [0.1, 0.15) is 22.7 Å². The van der Waals surface area contributed by atoms with Crippen molar-refractivity contribution in [2.45, 2.75) is 6.42 Å². The molecule has 0 saturated heterocycles. The third kappa shape index (κ3) is 2.17. The van der Waals surface area contributed by atoms with E-state index in [0.29, 0.717) is 17.4 Å². The molecule has 96 valence electrons. The van der Waals surface area contributed by atoms with E-state index in [0.717, 1.165) is 11.5 Å². The fourth-order valence-corrected chi connectivity index (χ4v) is 2.17. The molecule has 0 aromatic carbocycles. The number of carbonyl (C=O) groups is 1. The number of fused-ring (bicyclic) bond motifs is 1. The van der Waals surface area contributed by atoms with Gasteiger partial charge >= 0.3 is 0 Å². The van der Waals surface area contributed by atoms with Crippen LogP contribution < -0.4 is 0 Å². The Morgan fingerprint density at radius 1 is 1.37 bits per heavy atom. The zero-order chi connectivity index (χ0) is 13.4. The number of hydrogen-bond donors (Lipinski definition) is 0. The molecule has 3 rings (SSSR count). The molecule has 2 aliphatic rings. The minimum atomic E-state index is -0.335. The van der Waals surface area contributed by atoms with Crippen molar-refractivity contribution in [1.29, 1.82) is 0 Å². The van der Waals surface area contributed by atoms with Gasteiger partial charge in [0.25, 0.3) is 5.91 Å². The van der Waals surface area contributed by atoms with E-state index >= 15 is 0 Å². The second-order valence-electron chi connectivity index (χ2n) is 4.36. The van der Waals surface area contributed by atoms with E-state index in [4.69, 9.17) is 11.6 Å². The van der Waals surface area contributed by atoms with Gasteiger partial charge in [0.2, 0.25) is 0 Å². The molecule has 1 atom stereocenters. The van der Waals surface area contributed by atoms with E-state index in [1.807, 2.05) is 25.3 Å². The van der Waals surface area contributed by atoms with Gasteiger partial charge in [0.15, 0.2) is 0 Å². The molecule has 2 heterocycles. The molecule has 1 aromatic rings. The van der Waals surface area contributed by atoms with Crippen LogP contribution in [0.5, 0.6) is 0 Å². The number of aliphatic imine (C=N–C) groups is 2. The largest absolute Gasteiger partial charge is 0.322 e. The second-order valence-corrected chi connectivity index (χ2v) is 4.74. The molecule has 6 heteroatoms. The van der Waals surface area contributed by atoms with Crippen LogP contribution in [0, 0.1) is 5.92 Å². The van der Waals surface area contributed by atoms with Gasteiger partial charge in [-0.2, -0.15) is 4.99 Å². The molecule has 1 unspecified atom stereocenters. The lowest BCUT2D eigenvalue weighted by atomic mass is 9.96. The number of halogens is 1. The van der Waals surface area contributed by atoms with Gasteiger partial charge in [-0.05, 0) is 6.08 Å². The van der Waals surface area contributed by atoms with Crippen LogP contribution in [-0.4, -0.2) is 27.0 Å². The Labute approximate surface area is 115 Å². The van der Waals surface area contributed by atoms with E-state index in [1.54, 1.807) is 16.8 Å². The lowest BCUT2D eigenvalue weighted by Gasteiger charge is -2.17. The van der Waals surface area contributed by atoms with Crippen LogP contribution in [-0.2, 0) is 18.3 Å². The van der Waals surface area contributed by atoms with E-state index in [2.05, 4.69) is 15.0 Å². The van der Waals surface area contributed by atoms with E-state index in [1.165, 1.54) is 0 Å². The predicted octanol–water partition coefficient (Wildman–Crippen LogP) is 1.74. The molecule has 0 N–H and O–H groups in total. The smallest absolute Gasteiger partial charge is 0.260 e. The molecule has 1 aromatic heterocycles. The van der Waals surface area contributed by atoms with Gasteiger partial charge in [0, 0.05) is 7.05 Å². The van der Waals surface area contributed by atoms with E-state index < -0.39 is 0 Å². The van der Waals surface area contributed by atoms with Crippen LogP contribution in [0.3, 0.4) is 0 Å². The highest BCUT2D eigenvalue weighted by atomic mass is 35.5. The summed E-state index contributed by atoms with van der Waals surface area (Å²) in [4.78, 5) is 24.5. The normalized spacial score (nSPS) is 21.2. The first kappa shape index (κ1) is 12.0. The van der Waals surface area contributed by atoms with Crippen molar-refractivity contribution in [3.8, 4) is 0 Å². The topological polar surface area (TPSA) is 59.6 Å². The number of aromatic nitrogens is 2. The Morgan fingerprint density at radius 3 is 2.95 bits per heavy atom. The standard InChI is InChI=1S/C13H11ClN4O/c1-18-10(14)7-15-12(18)6-11-16-9-5-3-2-4-8(9)13(19)17-11/h2-5,7-8H,6H2,1H3. The quantitative estimate of drug-likeness (QED) is 0.825. The number of amidine groups is 1. The highest BCUT2D eigenvalue weighted by molar-refractivity contribution is 6.29. The third-order valence-corrected chi connectivity index (χ3v) is 3.46. The van der Waals surface area contributed by atoms with Crippen LogP contribution >= 0.6 is 11.6 Å². The summed E-state index contributed by atoms with van der Waals surface area (Å²) in [5, 5.41) is 0.545. The average molecular weight is 275 g/mol. The second kappa shape index (κ2) is 4.59. The lowest BCUT2D eigenvalue weighted by molar-refractivity contribution is -0.118. The Bertz CT molecular complexity index is 666. The number of nitrogens with zero attached hydrogens (tertiary/aromatic N) is 4. The van der Waals surface area contributed by atoms with Crippen LogP contribution in [0.15, 0.2) is 40.5 Å². The minimum absolute atomic E-state index is 0.180. The highest BCUT2D eigenvalue weighted by Crippen LogP contribution is 2.18. The van der Waals surface area contributed by atoms with Crippen molar-refractivity contribution in [2.75, 3.05) is 0 Å². The molecule has 19 heavy (non-hydrogen) atoms. The number of allylic oxidation sites excluding steroid dienone is 3. The van der Waals surface area contributed by atoms with Crippen molar-refractivity contribution >= 4 is 29.1 Å². The first-order valence-corrected chi connectivity index (χ1v) is 6.24. The van der Waals surface area contributed by atoms with Gasteiger partial charge in [-0.1, -0.05) is 29.8 Å². The Hall–Kier alpha value is -2.01. The first-order valence-electron chi connectivity index (χ1n) is 5.86. The molecule has 0 radical (unpaired) electrons. The van der Waals surface area contributed by atoms with Crippen molar-refractivity contribution < 1.29 is 4.79 Å². The molecule has 1 aliphatic carbocycles. The maximum atomic E-state index is 11.9. The van der Waals surface area contributed by atoms with Crippen LogP contribution in [0.2, 0.25) is 5.15 Å². The molecule has 0 fully saturated rings. The molecular weight excluding hydrogens is 264 g/mol. The number of amides is 1. The summed E-state index contributed by atoms with van der Waals surface area (Å²) in [6.45, 7) is 0. The van der Waals surface area contributed by atoms with Crippen LogP contribution in [0.1, 0.15) is 5.82 Å². The minimum Gasteiger partial charge on any atom is -0.322 e. The number of rotatable bonds is 2. The fourth-order valence-electron chi connectivity index (χ4n) is 2.03. The molecule has 5 nitrogen and oxygen atoms in total. The first-order chi connectivity index (χ1) is 9.15. The number of carbonyl (C=O) groups excluding carboxylic acids is 1. The zero-order valence-corrected chi connectivity index (χ0v) is 11.0. The monoisotopic (exact) mass is 274 g/mol. The maximum absolute atomic E-state index is 11.9. The molecule has 0 saturated carbocycles. The molecular formula is C13H11ClN4O. The van der Waals surface area contributed by atoms with Gasteiger partial charge in [-0.3, -0.25) is 4.79 Å². The summed E-state index contributed by atoms with van der Waals surface area (Å²) in [6, 6.07) is 0. The third-order valence-electron chi connectivity index (χ3n) is 3.11. The maximum Gasteiger partial charge on any atom is 0.260 e. The Balaban J connectivity index is 1.89. The zero-order valence-electron chi connectivity index (χ0n) is 10.2. The van der Waals surface area contributed by atoms with Gasteiger partial charge in [-0.25, -0.2) is 9.98 Å². The van der Waals surface area contributed by atoms with Crippen LogP contribution in [0.25, 0.3) is 0 Å². The summed E-state index contributed by atoms with van der Waals surface area (Å²) in [6.07, 6.45) is 9.30. The van der Waals surface area contributed by atoms with E-state index in [-0.39, 0.29) is 11.8 Å². The summed E-state index contributed by atoms with van der Waals surface area (Å²) < 4.78 is 1.75. The number of imidazole rings is 1. The SMILES string of the molecule is Cn1c(Cl)cnc1CC1=NC(=O)C2C=CC=CC2=N1. The van der Waals surface area contributed by atoms with Crippen molar-refractivity contribution in [3.63, 3.8) is 0 Å². The summed E-state index contributed by atoms with van der Waals surface area (Å²) in [5.41, 5.74) is 0.734. The molecule has 1 amide bonds.